The third kappa shape index (κ3) is 5.72. The summed E-state index contributed by atoms with van der Waals surface area (Å²) in [6.45, 7) is 5.54. The van der Waals surface area contributed by atoms with E-state index < -0.39 is 9.84 Å². The number of nitrogens with zero attached hydrogens (tertiary/aromatic N) is 2. The summed E-state index contributed by atoms with van der Waals surface area (Å²) in [7, 11) is -3.35. The van der Waals surface area contributed by atoms with Gasteiger partial charge in [-0.1, -0.05) is 24.3 Å². The van der Waals surface area contributed by atoms with Crippen molar-refractivity contribution in [2.24, 2.45) is 0 Å². The summed E-state index contributed by atoms with van der Waals surface area (Å²) in [5.41, 5.74) is 1.69. The van der Waals surface area contributed by atoms with Gasteiger partial charge in [-0.05, 0) is 25.0 Å². The number of aryl methyl sites for hydroxylation is 1. The number of carbonyl (C=O) groups excluding carboxylic acids is 2. The van der Waals surface area contributed by atoms with Crippen LogP contribution >= 0.6 is 0 Å². The first-order valence-corrected chi connectivity index (χ1v) is 10.6. The molecule has 1 saturated heterocycles. The van der Waals surface area contributed by atoms with Crippen LogP contribution in [0.2, 0.25) is 0 Å². The first-order valence-electron chi connectivity index (χ1n) is 8.77. The zero-order valence-corrected chi connectivity index (χ0v) is 16.1. The molecule has 0 bridgehead atoms. The number of ether oxygens (including phenoxy) is 1. The highest BCUT2D eigenvalue weighted by atomic mass is 32.2. The van der Waals surface area contributed by atoms with Crippen LogP contribution in [-0.2, 0) is 25.1 Å². The Bertz CT molecular complexity index is 740. The van der Waals surface area contributed by atoms with Crippen molar-refractivity contribution in [3.8, 4) is 0 Å². The fraction of sp³-hybridized carbons (Fsp3) is 0.556. The Kier molecular flexibility index (Phi) is 7.02. The second-order valence-corrected chi connectivity index (χ2v) is 8.52. The molecule has 144 valence electrons. The minimum absolute atomic E-state index is 0.0341. The number of carbonyl (C=O) groups is 2. The van der Waals surface area contributed by atoms with Crippen LogP contribution in [0.4, 0.5) is 4.79 Å². The normalized spacial score (nSPS) is 15.0. The molecule has 1 aliphatic rings. The molecule has 0 radical (unpaired) electrons. The van der Waals surface area contributed by atoms with E-state index in [2.05, 4.69) is 0 Å². The van der Waals surface area contributed by atoms with Crippen molar-refractivity contribution in [1.29, 1.82) is 0 Å². The lowest BCUT2D eigenvalue weighted by Crippen LogP contribution is -2.50. The molecule has 0 unspecified atom stereocenters. The first-order chi connectivity index (χ1) is 12.3. The number of benzene rings is 1. The Morgan fingerprint density at radius 3 is 2.31 bits per heavy atom. The molecular weight excluding hydrogens is 356 g/mol. The molecule has 1 heterocycles. The number of rotatable bonds is 6. The zero-order chi connectivity index (χ0) is 19.2. The van der Waals surface area contributed by atoms with Crippen molar-refractivity contribution >= 4 is 21.8 Å². The standard InChI is InChI=1S/C18H26N2O5S/c1-3-25-18(22)20-11-9-19(10-12-20)17(21)8-13-26(23,24)14-16-7-5-4-6-15(16)2/h4-7H,3,8-14H2,1-2H3. The number of hydrogen-bond donors (Lipinski definition) is 0. The quantitative estimate of drug-likeness (QED) is 0.746. The average molecular weight is 382 g/mol. The van der Waals surface area contributed by atoms with E-state index in [-0.39, 0.29) is 29.9 Å². The van der Waals surface area contributed by atoms with E-state index >= 15 is 0 Å². The molecule has 1 fully saturated rings. The summed E-state index contributed by atoms with van der Waals surface area (Å²) < 4.78 is 29.6. The number of sulfone groups is 1. The van der Waals surface area contributed by atoms with Crippen LogP contribution in [-0.4, -0.2) is 68.8 Å². The summed E-state index contributed by atoms with van der Waals surface area (Å²) in [6.07, 6.45) is -0.409. The van der Waals surface area contributed by atoms with Gasteiger partial charge in [0.1, 0.15) is 0 Å². The van der Waals surface area contributed by atoms with Crippen molar-refractivity contribution in [2.75, 3.05) is 38.5 Å². The van der Waals surface area contributed by atoms with E-state index in [4.69, 9.17) is 4.74 Å². The number of piperazine rings is 1. The maximum atomic E-state index is 12.3. The Hall–Kier alpha value is -2.09. The Balaban J connectivity index is 1.81. The molecule has 0 atom stereocenters. The van der Waals surface area contributed by atoms with Crippen LogP contribution in [0, 0.1) is 6.92 Å². The van der Waals surface area contributed by atoms with Gasteiger partial charge in [-0.2, -0.15) is 0 Å². The molecule has 0 aromatic heterocycles. The highest BCUT2D eigenvalue weighted by molar-refractivity contribution is 7.90. The van der Waals surface area contributed by atoms with Crippen LogP contribution in [0.5, 0.6) is 0 Å². The topological polar surface area (TPSA) is 84.0 Å². The van der Waals surface area contributed by atoms with Crippen molar-refractivity contribution in [1.82, 2.24) is 9.80 Å². The van der Waals surface area contributed by atoms with Gasteiger partial charge in [-0.3, -0.25) is 4.79 Å². The maximum absolute atomic E-state index is 12.3. The minimum Gasteiger partial charge on any atom is -0.450 e. The van der Waals surface area contributed by atoms with Gasteiger partial charge in [0.15, 0.2) is 9.84 Å². The summed E-state index contributed by atoms with van der Waals surface area (Å²) in [4.78, 5) is 27.1. The maximum Gasteiger partial charge on any atom is 0.409 e. The fourth-order valence-corrected chi connectivity index (χ4v) is 4.26. The second-order valence-electron chi connectivity index (χ2n) is 6.34. The van der Waals surface area contributed by atoms with Gasteiger partial charge < -0.3 is 14.5 Å². The van der Waals surface area contributed by atoms with Crippen LogP contribution in [0.15, 0.2) is 24.3 Å². The Labute approximate surface area is 154 Å². The summed E-state index contributed by atoms with van der Waals surface area (Å²) >= 11 is 0. The SMILES string of the molecule is CCOC(=O)N1CCN(C(=O)CCS(=O)(=O)Cc2ccccc2C)CC1. The van der Waals surface area contributed by atoms with Crippen molar-refractivity contribution in [3.05, 3.63) is 35.4 Å². The van der Waals surface area contributed by atoms with Gasteiger partial charge in [0, 0.05) is 32.6 Å². The highest BCUT2D eigenvalue weighted by Crippen LogP contribution is 2.13. The lowest BCUT2D eigenvalue weighted by molar-refractivity contribution is -0.132. The van der Waals surface area contributed by atoms with E-state index in [1.54, 1.807) is 22.8 Å². The average Bonchev–Trinajstić information content (AvgIpc) is 2.62. The molecule has 0 aliphatic carbocycles. The smallest absolute Gasteiger partial charge is 0.409 e. The highest BCUT2D eigenvalue weighted by Gasteiger charge is 2.25. The predicted octanol–water partition coefficient (Wildman–Crippen LogP) is 1.60. The summed E-state index contributed by atoms with van der Waals surface area (Å²) in [6, 6.07) is 7.35. The van der Waals surface area contributed by atoms with Crippen molar-refractivity contribution in [3.63, 3.8) is 0 Å². The number of hydrogen-bond acceptors (Lipinski definition) is 5. The monoisotopic (exact) mass is 382 g/mol. The van der Waals surface area contributed by atoms with Crippen LogP contribution < -0.4 is 0 Å². The minimum atomic E-state index is -3.35. The lowest BCUT2D eigenvalue weighted by Gasteiger charge is -2.34. The van der Waals surface area contributed by atoms with Gasteiger partial charge >= 0.3 is 6.09 Å². The van der Waals surface area contributed by atoms with E-state index in [0.29, 0.717) is 32.8 Å². The Morgan fingerprint density at radius 2 is 1.69 bits per heavy atom. The van der Waals surface area contributed by atoms with Crippen molar-refractivity contribution in [2.45, 2.75) is 26.0 Å². The zero-order valence-electron chi connectivity index (χ0n) is 15.3. The summed E-state index contributed by atoms with van der Waals surface area (Å²) in [5.74, 6) is -0.413. The largest absolute Gasteiger partial charge is 0.450 e. The van der Waals surface area contributed by atoms with Crippen LogP contribution in [0.1, 0.15) is 24.5 Å². The third-order valence-corrected chi connectivity index (χ3v) is 6.00. The van der Waals surface area contributed by atoms with Gasteiger partial charge in [0.25, 0.3) is 0 Å². The molecule has 2 rings (SSSR count). The molecule has 1 aromatic rings. The van der Waals surface area contributed by atoms with Crippen LogP contribution in [0.3, 0.4) is 0 Å². The van der Waals surface area contributed by atoms with E-state index in [9.17, 15) is 18.0 Å². The molecular formula is C18H26N2O5S. The fourth-order valence-electron chi connectivity index (χ4n) is 2.84. The van der Waals surface area contributed by atoms with Crippen LogP contribution in [0.25, 0.3) is 0 Å². The molecule has 1 aliphatic heterocycles. The van der Waals surface area contributed by atoms with E-state index in [1.807, 2.05) is 25.1 Å². The molecule has 0 spiro atoms. The summed E-state index contributed by atoms with van der Waals surface area (Å²) in [5, 5.41) is 0. The molecule has 26 heavy (non-hydrogen) atoms. The molecule has 8 heteroatoms. The van der Waals surface area contributed by atoms with Crippen molar-refractivity contribution < 1.29 is 22.7 Å². The first kappa shape index (κ1) is 20.2. The Morgan fingerprint density at radius 1 is 1.08 bits per heavy atom. The molecule has 0 N–H and O–H groups in total. The van der Waals surface area contributed by atoms with Gasteiger partial charge in [0.05, 0.1) is 18.1 Å². The molecule has 1 aromatic carbocycles. The van der Waals surface area contributed by atoms with E-state index in [0.717, 1.165) is 11.1 Å². The third-order valence-electron chi connectivity index (χ3n) is 4.42. The van der Waals surface area contributed by atoms with Gasteiger partial charge in [-0.25, -0.2) is 13.2 Å². The number of amides is 2. The molecule has 7 nitrogen and oxygen atoms in total. The van der Waals surface area contributed by atoms with E-state index in [1.165, 1.54) is 0 Å². The van der Waals surface area contributed by atoms with Gasteiger partial charge in [0.2, 0.25) is 5.91 Å². The second kappa shape index (κ2) is 9.02. The van der Waals surface area contributed by atoms with Gasteiger partial charge in [-0.15, -0.1) is 0 Å². The lowest BCUT2D eigenvalue weighted by atomic mass is 10.1. The molecule has 0 saturated carbocycles. The predicted molar refractivity (Wildman–Crippen MR) is 98.5 cm³/mol. The molecule has 2 amide bonds.